The summed E-state index contributed by atoms with van der Waals surface area (Å²) in [6.07, 6.45) is 5.00. The van der Waals surface area contributed by atoms with Gasteiger partial charge in [-0.3, -0.25) is 4.98 Å². The molecule has 2 N–H and O–H groups in total. The van der Waals surface area contributed by atoms with E-state index in [9.17, 15) is 4.39 Å². The molecule has 0 spiro atoms. The molecule has 0 aliphatic heterocycles. The van der Waals surface area contributed by atoms with Gasteiger partial charge in [-0.2, -0.15) is 0 Å². The lowest BCUT2D eigenvalue weighted by atomic mass is 10.0. The van der Waals surface area contributed by atoms with E-state index in [-0.39, 0.29) is 11.9 Å². The lowest BCUT2D eigenvalue weighted by molar-refractivity contribution is 0.397. The van der Waals surface area contributed by atoms with Crippen LogP contribution in [-0.4, -0.2) is 17.1 Å². The molecule has 2 aromatic heterocycles. The van der Waals surface area contributed by atoms with Crippen LogP contribution in [0.2, 0.25) is 0 Å². The highest BCUT2D eigenvalue weighted by atomic mass is 19.1. The average Bonchev–Trinajstić information content (AvgIpc) is 2.39. The van der Waals surface area contributed by atoms with Crippen LogP contribution in [0.4, 0.5) is 4.39 Å². The highest BCUT2D eigenvalue weighted by Gasteiger charge is 2.09. The molecule has 1 unspecified atom stereocenters. The molecule has 2 heterocycles. The Morgan fingerprint density at radius 2 is 2.17 bits per heavy atom. The molecule has 2 rings (SSSR count). The van der Waals surface area contributed by atoms with E-state index in [1.165, 1.54) is 6.07 Å². The number of halogens is 1. The average molecular weight is 247 g/mol. The highest BCUT2D eigenvalue weighted by molar-refractivity contribution is 5.22. The van der Waals surface area contributed by atoms with E-state index >= 15 is 0 Å². The minimum atomic E-state index is -0.379. The first-order valence-electron chi connectivity index (χ1n) is 5.54. The zero-order valence-corrected chi connectivity index (χ0v) is 10.0. The smallest absolute Gasteiger partial charge is 0.212 e. The van der Waals surface area contributed by atoms with Gasteiger partial charge in [0, 0.05) is 24.5 Å². The topological polar surface area (TPSA) is 61.0 Å². The van der Waals surface area contributed by atoms with Gasteiger partial charge in [-0.1, -0.05) is 6.07 Å². The van der Waals surface area contributed by atoms with E-state index < -0.39 is 0 Å². The molecule has 2 aromatic rings. The third-order valence-corrected chi connectivity index (χ3v) is 2.62. The van der Waals surface area contributed by atoms with Gasteiger partial charge in [-0.05, 0) is 23.6 Å². The molecule has 0 bridgehead atoms. The largest absolute Gasteiger partial charge is 0.481 e. The van der Waals surface area contributed by atoms with Crippen molar-refractivity contribution in [3.8, 4) is 5.88 Å². The third kappa shape index (κ3) is 3.01. The Labute approximate surface area is 105 Å². The maximum Gasteiger partial charge on any atom is 0.212 e. The zero-order valence-electron chi connectivity index (χ0n) is 10.0. The molecule has 4 nitrogen and oxygen atoms in total. The van der Waals surface area contributed by atoms with Crippen LogP contribution < -0.4 is 10.5 Å². The Morgan fingerprint density at radius 1 is 1.33 bits per heavy atom. The molecular weight excluding hydrogens is 233 g/mol. The number of hydrogen-bond donors (Lipinski definition) is 1. The summed E-state index contributed by atoms with van der Waals surface area (Å²) in [6.45, 7) is 0. The molecule has 0 fully saturated rings. The number of hydrogen-bond acceptors (Lipinski definition) is 4. The number of nitrogens with zero attached hydrogens (tertiary/aromatic N) is 2. The van der Waals surface area contributed by atoms with Gasteiger partial charge in [-0.15, -0.1) is 0 Å². The Kier molecular flexibility index (Phi) is 3.84. The van der Waals surface area contributed by atoms with Gasteiger partial charge in [0.05, 0.1) is 13.3 Å². The molecule has 0 saturated carbocycles. The van der Waals surface area contributed by atoms with Crippen molar-refractivity contribution in [3.05, 3.63) is 53.7 Å². The quantitative estimate of drug-likeness (QED) is 0.895. The normalized spacial score (nSPS) is 12.2. The second-order valence-corrected chi connectivity index (χ2v) is 3.96. The molecule has 1 atom stereocenters. The minimum Gasteiger partial charge on any atom is -0.481 e. The standard InChI is InChI=1S/C13H14FN3O/c1-18-13-3-2-9(6-17-13)4-12(15)10-5-11(14)8-16-7-10/h2-3,5-8,12H,4,15H2,1H3. The lowest BCUT2D eigenvalue weighted by Crippen LogP contribution is -2.14. The van der Waals surface area contributed by atoms with Crippen LogP contribution >= 0.6 is 0 Å². The molecule has 0 radical (unpaired) electrons. The van der Waals surface area contributed by atoms with Gasteiger partial charge >= 0.3 is 0 Å². The summed E-state index contributed by atoms with van der Waals surface area (Å²) in [5.74, 6) is 0.176. The monoisotopic (exact) mass is 247 g/mol. The van der Waals surface area contributed by atoms with Gasteiger partial charge in [-0.25, -0.2) is 9.37 Å². The first-order valence-corrected chi connectivity index (χ1v) is 5.54. The van der Waals surface area contributed by atoms with Crippen molar-refractivity contribution < 1.29 is 9.13 Å². The molecule has 0 amide bonds. The Hall–Kier alpha value is -2.01. The van der Waals surface area contributed by atoms with Crippen molar-refractivity contribution in [2.75, 3.05) is 7.11 Å². The van der Waals surface area contributed by atoms with E-state index in [0.717, 1.165) is 11.8 Å². The summed E-state index contributed by atoms with van der Waals surface area (Å²) < 4.78 is 18.0. The van der Waals surface area contributed by atoms with Crippen LogP contribution in [0.25, 0.3) is 0 Å². The zero-order chi connectivity index (χ0) is 13.0. The maximum absolute atomic E-state index is 13.0. The third-order valence-electron chi connectivity index (χ3n) is 2.62. The van der Waals surface area contributed by atoms with Gasteiger partial charge in [0.15, 0.2) is 0 Å². The van der Waals surface area contributed by atoms with Crippen LogP contribution in [0.3, 0.4) is 0 Å². The van der Waals surface area contributed by atoms with Crippen molar-refractivity contribution in [1.82, 2.24) is 9.97 Å². The Bertz CT molecular complexity index is 516. The fourth-order valence-electron chi connectivity index (χ4n) is 1.66. The van der Waals surface area contributed by atoms with Crippen molar-refractivity contribution in [2.24, 2.45) is 5.73 Å². The van der Waals surface area contributed by atoms with Gasteiger partial charge < -0.3 is 10.5 Å². The van der Waals surface area contributed by atoms with E-state index in [4.69, 9.17) is 10.5 Å². The fraction of sp³-hybridized carbons (Fsp3) is 0.231. The second-order valence-electron chi connectivity index (χ2n) is 3.96. The predicted octanol–water partition coefficient (Wildman–Crippen LogP) is 1.87. The van der Waals surface area contributed by atoms with E-state index in [1.54, 1.807) is 25.6 Å². The SMILES string of the molecule is COc1ccc(CC(N)c2cncc(F)c2)cn1. The Morgan fingerprint density at radius 3 is 2.78 bits per heavy atom. The summed E-state index contributed by atoms with van der Waals surface area (Å²) in [7, 11) is 1.56. The number of methoxy groups -OCH3 is 1. The van der Waals surface area contributed by atoms with Crippen LogP contribution in [0.5, 0.6) is 5.88 Å². The minimum absolute atomic E-state index is 0.302. The number of pyridine rings is 2. The Balaban J connectivity index is 2.08. The van der Waals surface area contributed by atoms with Crippen LogP contribution in [0.1, 0.15) is 17.2 Å². The molecule has 0 aromatic carbocycles. The summed E-state index contributed by atoms with van der Waals surface area (Å²) in [5, 5.41) is 0. The fourth-order valence-corrected chi connectivity index (χ4v) is 1.66. The van der Waals surface area contributed by atoms with Crippen LogP contribution in [-0.2, 0) is 6.42 Å². The maximum atomic E-state index is 13.0. The number of nitrogens with two attached hydrogens (primary N) is 1. The first kappa shape index (κ1) is 12.4. The van der Waals surface area contributed by atoms with Crippen molar-refractivity contribution in [2.45, 2.75) is 12.5 Å². The van der Waals surface area contributed by atoms with E-state index in [0.29, 0.717) is 17.9 Å². The molecule has 5 heteroatoms. The summed E-state index contributed by atoms with van der Waals surface area (Å²) in [6, 6.07) is 4.75. The molecule has 0 aliphatic rings. The summed E-state index contributed by atoms with van der Waals surface area (Å²) >= 11 is 0. The van der Waals surface area contributed by atoms with Crippen LogP contribution in [0, 0.1) is 5.82 Å². The number of rotatable bonds is 4. The summed E-state index contributed by atoms with van der Waals surface area (Å²) in [5.41, 5.74) is 7.64. The van der Waals surface area contributed by atoms with Gasteiger partial charge in [0.2, 0.25) is 5.88 Å². The molecular formula is C13H14FN3O. The molecule has 0 saturated heterocycles. The van der Waals surface area contributed by atoms with Gasteiger partial charge in [0.25, 0.3) is 0 Å². The van der Waals surface area contributed by atoms with Crippen LogP contribution in [0.15, 0.2) is 36.8 Å². The second kappa shape index (κ2) is 5.55. The van der Waals surface area contributed by atoms with E-state index in [2.05, 4.69) is 9.97 Å². The van der Waals surface area contributed by atoms with Crippen molar-refractivity contribution >= 4 is 0 Å². The number of ether oxygens (including phenoxy) is 1. The summed E-state index contributed by atoms with van der Waals surface area (Å²) in [4.78, 5) is 7.88. The number of aromatic nitrogens is 2. The van der Waals surface area contributed by atoms with Crippen molar-refractivity contribution in [3.63, 3.8) is 0 Å². The molecule has 0 aliphatic carbocycles. The lowest BCUT2D eigenvalue weighted by Gasteiger charge is -2.11. The molecule has 18 heavy (non-hydrogen) atoms. The van der Waals surface area contributed by atoms with E-state index in [1.807, 2.05) is 6.07 Å². The van der Waals surface area contributed by atoms with Gasteiger partial charge in [0.1, 0.15) is 5.82 Å². The highest BCUT2D eigenvalue weighted by Crippen LogP contribution is 2.16. The first-order chi connectivity index (χ1) is 8.69. The predicted molar refractivity (Wildman–Crippen MR) is 65.6 cm³/mol. The van der Waals surface area contributed by atoms with Crippen molar-refractivity contribution in [1.29, 1.82) is 0 Å². The molecule has 94 valence electrons.